The van der Waals surface area contributed by atoms with Crippen LogP contribution < -0.4 is 0 Å². The van der Waals surface area contributed by atoms with E-state index in [0.717, 1.165) is 12.8 Å². The van der Waals surface area contributed by atoms with E-state index in [9.17, 15) is 15.0 Å². The van der Waals surface area contributed by atoms with Crippen LogP contribution in [0.2, 0.25) is 0 Å². The second-order valence-electron chi connectivity index (χ2n) is 5.19. The summed E-state index contributed by atoms with van der Waals surface area (Å²) in [5.41, 5.74) is 0.955. The van der Waals surface area contributed by atoms with Gasteiger partial charge in [-0.15, -0.1) is 5.10 Å². The Hall–Kier alpha value is -2.22. The molecule has 1 saturated carbocycles. The molecule has 1 aliphatic rings. The van der Waals surface area contributed by atoms with Crippen molar-refractivity contribution in [2.24, 2.45) is 0 Å². The zero-order valence-corrected chi connectivity index (χ0v) is 11.7. The van der Waals surface area contributed by atoms with Crippen LogP contribution in [0, 0.1) is 0 Å². The lowest BCUT2D eigenvalue weighted by molar-refractivity contribution is 0.0691. The molecule has 1 fully saturated rings. The van der Waals surface area contributed by atoms with E-state index in [-0.39, 0.29) is 11.7 Å². The van der Waals surface area contributed by atoms with Crippen LogP contribution in [0.3, 0.4) is 0 Å². The number of rotatable bonds is 4. The van der Waals surface area contributed by atoms with Gasteiger partial charge in [0.05, 0.1) is 18.3 Å². The number of carboxylic acid groups (broad SMARTS) is 1. The van der Waals surface area contributed by atoms with Crippen molar-refractivity contribution in [3.05, 3.63) is 18.1 Å². The van der Waals surface area contributed by atoms with Crippen molar-refractivity contribution in [2.75, 3.05) is 0 Å². The highest BCUT2D eigenvalue weighted by Crippen LogP contribution is 2.34. The Morgan fingerprint density at radius 1 is 1.48 bits per heavy atom. The normalized spacial score (nSPS) is 21.8. The lowest BCUT2D eigenvalue weighted by atomic mass is 10.1. The molecule has 112 valence electrons. The maximum Gasteiger partial charge on any atom is 0.358 e. The maximum atomic E-state index is 11.4. The Kier molecular flexibility index (Phi) is 3.46. The first-order valence-electron chi connectivity index (χ1n) is 7.01. The molecule has 3 rings (SSSR count). The number of aryl methyl sites for hydroxylation is 1. The number of carbonyl (C=O) groups is 1. The van der Waals surface area contributed by atoms with Gasteiger partial charge in [0.15, 0.2) is 5.69 Å². The molecule has 2 heterocycles. The van der Waals surface area contributed by atoms with Crippen molar-refractivity contribution >= 4 is 5.97 Å². The highest BCUT2D eigenvalue weighted by Gasteiger charge is 2.32. The van der Waals surface area contributed by atoms with E-state index in [2.05, 4.69) is 15.4 Å². The molecule has 2 aromatic rings. The van der Waals surface area contributed by atoms with Gasteiger partial charge < -0.3 is 10.2 Å². The third-order valence-electron chi connectivity index (χ3n) is 3.89. The summed E-state index contributed by atoms with van der Waals surface area (Å²) in [5.74, 6) is -1.13. The van der Waals surface area contributed by atoms with Crippen molar-refractivity contribution < 1.29 is 15.0 Å². The van der Waals surface area contributed by atoms with Crippen LogP contribution in [0.4, 0.5) is 0 Å². The minimum absolute atomic E-state index is 0.107. The average molecular weight is 291 g/mol. The Morgan fingerprint density at radius 2 is 2.29 bits per heavy atom. The highest BCUT2D eigenvalue weighted by atomic mass is 16.4. The summed E-state index contributed by atoms with van der Waals surface area (Å²) in [6, 6.07) is -0.231. The molecule has 0 aliphatic heterocycles. The van der Waals surface area contributed by atoms with Crippen LogP contribution >= 0.6 is 0 Å². The van der Waals surface area contributed by atoms with Crippen molar-refractivity contribution in [3.8, 4) is 11.3 Å². The zero-order valence-electron chi connectivity index (χ0n) is 11.7. The number of carboxylic acids is 1. The molecule has 0 aromatic carbocycles. The molecule has 2 N–H and O–H groups in total. The lowest BCUT2D eigenvalue weighted by Gasteiger charge is -2.16. The van der Waals surface area contributed by atoms with Crippen LogP contribution in [0.1, 0.15) is 42.7 Å². The van der Waals surface area contributed by atoms with Crippen molar-refractivity contribution in [2.45, 2.75) is 44.9 Å². The monoisotopic (exact) mass is 291 g/mol. The second kappa shape index (κ2) is 5.28. The van der Waals surface area contributed by atoms with E-state index in [1.165, 1.54) is 4.68 Å². The predicted molar refractivity (Wildman–Crippen MR) is 72.8 cm³/mol. The average Bonchev–Trinajstić information content (AvgIpc) is 3.15. The second-order valence-corrected chi connectivity index (χ2v) is 5.19. The zero-order chi connectivity index (χ0) is 15.0. The predicted octanol–water partition coefficient (Wildman–Crippen LogP) is 0.946. The van der Waals surface area contributed by atoms with Crippen LogP contribution in [0.25, 0.3) is 11.3 Å². The van der Waals surface area contributed by atoms with E-state index >= 15 is 0 Å². The first-order valence-corrected chi connectivity index (χ1v) is 7.01. The van der Waals surface area contributed by atoms with Gasteiger partial charge in [0.25, 0.3) is 0 Å². The minimum Gasteiger partial charge on any atom is -0.476 e. The smallest absolute Gasteiger partial charge is 0.358 e. The Bertz CT molecular complexity index is 663. The molecule has 1 aliphatic carbocycles. The fraction of sp³-hybridized carbons (Fsp3) is 0.538. The summed E-state index contributed by atoms with van der Waals surface area (Å²) in [4.78, 5) is 11.4. The molecule has 2 unspecified atom stereocenters. The first-order chi connectivity index (χ1) is 10.1. The third kappa shape index (κ3) is 2.31. The van der Waals surface area contributed by atoms with E-state index in [4.69, 9.17) is 0 Å². The minimum atomic E-state index is -1.13. The molecule has 2 atom stereocenters. The fourth-order valence-electron chi connectivity index (χ4n) is 2.80. The standard InChI is InChI=1S/C13H17N5O3/c1-2-17-7-8(6-14-17)12-11(13(20)21)15-16-18(12)9-4-3-5-10(9)19/h6-7,9-10,19H,2-5H2,1H3,(H,20,21). The SMILES string of the molecule is CCn1cc(-c2c(C(=O)O)nnn2C2CCCC2O)cn1. The van der Waals surface area contributed by atoms with Crippen LogP contribution in [0.15, 0.2) is 12.4 Å². The fourth-order valence-corrected chi connectivity index (χ4v) is 2.80. The first kappa shape index (κ1) is 13.7. The number of hydrogen-bond donors (Lipinski definition) is 2. The summed E-state index contributed by atoms with van der Waals surface area (Å²) in [5, 5.41) is 31.3. The molecule has 0 bridgehead atoms. The maximum absolute atomic E-state index is 11.4. The topological polar surface area (TPSA) is 106 Å². The summed E-state index contributed by atoms with van der Waals surface area (Å²) in [6.45, 7) is 2.64. The Balaban J connectivity index is 2.11. The quantitative estimate of drug-likeness (QED) is 0.868. The van der Waals surface area contributed by atoms with Crippen LogP contribution in [-0.2, 0) is 6.54 Å². The van der Waals surface area contributed by atoms with E-state index < -0.39 is 12.1 Å². The molecular formula is C13H17N5O3. The van der Waals surface area contributed by atoms with Gasteiger partial charge in [-0.1, -0.05) is 5.21 Å². The summed E-state index contributed by atoms with van der Waals surface area (Å²) in [7, 11) is 0. The van der Waals surface area contributed by atoms with Crippen LogP contribution in [0.5, 0.6) is 0 Å². The van der Waals surface area contributed by atoms with Gasteiger partial charge in [0, 0.05) is 18.3 Å². The van der Waals surface area contributed by atoms with E-state index in [0.29, 0.717) is 24.2 Å². The largest absolute Gasteiger partial charge is 0.476 e. The van der Waals surface area contributed by atoms with Gasteiger partial charge in [0.1, 0.15) is 5.69 Å². The van der Waals surface area contributed by atoms with Gasteiger partial charge in [-0.05, 0) is 26.2 Å². The molecule has 0 saturated heterocycles. The van der Waals surface area contributed by atoms with Gasteiger partial charge in [0.2, 0.25) is 0 Å². The van der Waals surface area contributed by atoms with Crippen molar-refractivity contribution in [1.29, 1.82) is 0 Å². The molecule has 0 radical (unpaired) electrons. The van der Waals surface area contributed by atoms with Gasteiger partial charge >= 0.3 is 5.97 Å². The van der Waals surface area contributed by atoms with Crippen LogP contribution in [-0.4, -0.2) is 47.1 Å². The number of aliphatic hydroxyl groups is 1. The third-order valence-corrected chi connectivity index (χ3v) is 3.89. The lowest BCUT2D eigenvalue weighted by Crippen LogP contribution is -2.20. The summed E-state index contributed by atoms with van der Waals surface area (Å²) < 4.78 is 3.25. The molecule has 8 heteroatoms. The number of aliphatic hydroxyl groups excluding tert-OH is 1. The molecule has 0 spiro atoms. The van der Waals surface area contributed by atoms with Gasteiger partial charge in [-0.3, -0.25) is 4.68 Å². The number of aromatic nitrogens is 5. The molecule has 2 aromatic heterocycles. The molecule has 0 amide bonds. The molecule has 8 nitrogen and oxygen atoms in total. The Labute approximate surface area is 121 Å². The summed E-state index contributed by atoms with van der Waals surface area (Å²) in [6.07, 6.45) is 5.20. The Morgan fingerprint density at radius 3 is 2.86 bits per heavy atom. The van der Waals surface area contributed by atoms with Gasteiger partial charge in [-0.25, -0.2) is 9.48 Å². The van der Waals surface area contributed by atoms with E-state index in [1.54, 1.807) is 17.1 Å². The van der Waals surface area contributed by atoms with Crippen molar-refractivity contribution in [1.82, 2.24) is 24.8 Å². The van der Waals surface area contributed by atoms with Crippen molar-refractivity contribution in [3.63, 3.8) is 0 Å². The highest BCUT2D eigenvalue weighted by molar-refractivity contribution is 5.92. The van der Waals surface area contributed by atoms with Gasteiger partial charge in [-0.2, -0.15) is 5.10 Å². The van der Waals surface area contributed by atoms with E-state index in [1.807, 2.05) is 6.92 Å². The summed E-state index contributed by atoms with van der Waals surface area (Å²) >= 11 is 0. The number of aromatic carboxylic acids is 1. The molecular weight excluding hydrogens is 274 g/mol. The number of hydrogen-bond acceptors (Lipinski definition) is 5. The molecule has 21 heavy (non-hydrogen) atoms. The number of nitrogens with zero attached hydrogens (tertiary/aromatic N) is 5.